The van der Waals surface area contributed by atoms with E-state index in [9.17, 15) is 0 Å². The molecule has 110 valence electrons. The van der Waals surface area contributed by atoms with Crippen molar-refractivity contribution in [1.29, 1.82) is 0 Å². The highest BCUT2D eigenvalue weighted by Gasteiger charge is 2.32. The number of hydrogen-bond acceptors (Lipinski definition) is 0. The number of rotatable bonds is 3. The molecule has 0 bridgehead atoms. The van der Waals surface area contributed by atoms with Gasteiger partial charge in [-0.25, -0.2) is 0 Å². The first-order valence-electron chi connectivity index (χ1n) is 7.81. The van der Waals surface area contributed by atoms with Crippen molar-refractivity contribution in [2.24, 2.45) is 0 Å². The molecule has 0 aliphatic heterocycles. The van der Waals surface area contributed by atoms with Crippen molar-refractivity contribution in [2.45, 2.75) is 26.2 Å². The highest BCUT2D eigenvalue weighted by atomic mass is 14.3. The molecule has 0 radical (unpaired) electrons. The van der Waals surface area contributed by atoms with Crippen LogP contribution in [0.25, 0.3) is 0 Å². The largest absolute Gasteiger partial charge is 0.0622 e. The fourth-order valence-corrected chi connectivity index (χ4v) is 3.40. The maximum atomic E-state index is 2.33. The summed E-state index contributed by atoms with van der Waals surface area (Å²) < 4.78 is 0. The molecule has 0 saturated carbocycles. The van der Waals surface area contributed by atoms with Gasteiger partial charge >= 0.3 is 0 Å². The minimum atomic E-state index is -0.139. The van der Waals surface area contributed by atoms with E-state index >= 15 is 0 Å². The third-order valence-electron chi connectivity index (χ3n) is 4.62. The van der Waals surface area contributed by atoms with Gasteiger partial charge in [-0.05, 0) is 43.0 Å². The smallest absolute Gasteiger partial charge is 0.0425 e. The minimum Gasteiger partial charge on any atom is -0.0622 e. The Bertz CT molecular complexity index is 715. The zero-order valence-electron chi connectivity index (χ0n) is 13.5. The summed E-state index contributed by atoms with van der Waals surface area (Å²) in [7, 11) is 0. The Morgan fingerprint density at radius 2 is 1.14 bits per heavy atom. The second kappa shape index (κ2) is 5.81. The number of benzene rings is 3. The van der Waals surface area contributed by atoms with Crippen LogP contribution in [-0.4, -0.2) is 0 Å². The van der Waals surface area contributed by atoms with Gasteiger partial charge in [-0.3, -0.25) is 0 Å². The Balaban J connectivity index is 2.28. The molecule has 0 unspecified atom stereocenters. The van der Waals surface area contributed by atoms with Crippen molar-refractivity contribution in [3.63, 3.8) is 0 Å². The van der Waals surface area contributed by atoms with Crippen molar-refractivity contribution in [3.05, 3.63) is 107 Å². The summed E-state index contributed by atoms with van der Waals surface area (Å²) in [6.07, 6.45) is 0. The predicted molar refractivity (Wildman–Crippen MR) is 94.4 cm³/mol. The lowest BCUT2D eigenvalue weighted by Crippen LogP contribution is -2.26. The summed E-state index contributed by atoms with van der Waals surface area (Å²) in [6.45, 7) is 6.70. The third-order valence-corrected chi connectivity index (χ3v) is 4.62. The van der Waals surface area contributed by atoms with Gasteiger partial charge in [0.25, 0.3) is 0 Å². The molecule has 22 heavy (non-hydrogen) atoms. The molecule has 0 fully saturated rings. The lowest BCUT2D eigenvalue weighted by molar-refractivity contribution is 0.686. The summed E-state index contributed by atoms with van der Waals surface area (Å²) in [5.74, 6) is 0. The Morgan fingerprint density at radius 1 is 0.636 bits per heavy atom. The Kier molecular flexibility index (Phi) is 3.85. The van der Waals surface area contributed by atoms with Gasteiger partial charge in [0, 0.05) is 5.41 Å². The molecule has 0 heteroatoms. The van der Waals surface area contributed by atoms with Crippen molar-refractivity contribution in [2.75, 3.05) is 0 Å². The standard InChI is InChI=1S/C22H22/c1-17-14-15-21(18(2)16-17)22(3,19-10-6-4-7-11-19)20-12-8-5-9-13-20/h4-16H,1-3H3. The van der Waals surface area contributed by atoms with Gasteiger partial charge in [0.2, 0.25) is 0 Å². The van der Waals surface area contributed by atoms with Gasteiger partial charge in [0.1, 0.15) is 0 Å². The average Bonchev–Trinajstić information content (AvgIpc) is 2.56. The van der Waals surface area contributed by atoms with Crippen molar-refractivity contribution < 1.29 is 0 Å². The van der Waals surface area contributed by atoms with Crippen LogP contribution in [-0.2, 0) is 5.41 Å². The predicted octanol–water partition coefficient (Wildman–Crippen LogP) is 5.66. The molecule has 0 aliphatic carbocycles. The van der Waals surface area contributed by atoms with E-state index in [0.717, 1.165) is 0 Å². The van der Waals surface area contributed by atoms with Crippen LogP contribution < -0.4 is 0 Å². The van der Waals surface area contributed by atoms with E-state index < -0.39 is 0 Å². The first-order valence-corrected chi connectivity index (χ1v) is 7.81. The van der Waals surface area contributed by atoms with Gasteiger partial charge in [-0.2, -0.15) is 0 Å². The fraction of sp³-hybridized carbons (Fsp3) is 0.182. The van der Waals surface area contributed by atoms with Gasteiger partial charge in [-0.1, -0.05) is 84.4 Å². The number of hydrogen-bond donors (Lipinski definition) is 0. The average molecular weight is 286 g/mol. The third kappa shape index (κ3) is 2.46. The van der Waals surface area contributed by atoms with Gasteiger partial charge in [0.05, 0.1) is 0 Å². The first kappa shape index (κ1) is 14.6. The molecule has 0 atom stereocenters. The lowest BCUT2D eigenvalue weighted by atomic mass is 9.69. The van der Waals surface area contributed by atoms with E-state index in [2.05, 4.69) is 99.6 Å². The molecular formula is C22H22. The molecule has 3 aromatic rings. The lowest BCUT2D eigenvalue weighted by Gasteiger charge is -2.33. The van der Waals surface area contributed by atoms with E-state index in [1.54, 1.807) is 0 Å². The second-order valence-electron chi connectivity index (χ2n) is 6.18. The zero-order chi connectivity index (χ0) is 15.6. The zero-order valence-corrected chi connectivity index (χ0v) is 13.5. The van der Waals surface area contributed by atoms with Crippen LogP contribution in [0.3, 0.4) is 0 Å². The fourth-order valence-electron chi connectivity index (χ4n) is 3.40. The van der Waals surface area contributed by atoms with E-state index in [4.69, 9.17) is 0 Å². The van der Waals surface area contributed by atoms with Crippen LogP contribution in [0.2, 0.25) is 0 Å². The van der Waals surface area contributed by atoms with Crippen LogP contribution in [0, 0.1) is 13.8 Å². The van der Waals surface area contributed by atoms with Gasteiger partial charge in [0.15, 0.2) is 0 Å². The molecule has 0 spiro atoms. The van der Waals surface area contributed by atoms with Crippen molar-refractivity contribution in [1.82, 2.24) is 0 Å². The molecule has 0 nitrogen and oxygen atoms in total. The molecule has 0 aliphatic rings. The molecule has 0 saturated heterocycles. The normalized spacial score (nSPS) is 11.4. The van der Waals surface area contributed by atoms with Crippen LogP contribution in [0.1, 0.15) is 34.7 Å². The van der Waals surface area contributed by atoms with Crippen LogP contribution in [0.4, 0.5) is 0 Å². The number of aryl methyl sites for hydroxylation is 2. The maximum absolute atomic E-state index is 2.33. The summed E-state index contributed by atoms with van der Waals surface area (Å²) in [5, 5.41) is 0. The van der Waals surface area contributed by atoms with Crippen molar-refractivity contribution in [3.8, 4) is 0 Å². The molecule has 3 aromatic carbocycles. The van der Waals surface area contributed by atoms with E-state index in [0.29, 0.717) is 0 Å². The summed E-state index contributed by atoms with van der Waals surface area (Å²) in [5.41, 5.74) is 6.54. The van der Waals surface area contributed by atoms with Gasteiger partial charge < -0.3 is 0 Å². The highest BCUT2D eigenvalue weighted by Crippen LogP contribution is 2.40. The molecule has 3 rings (SSSR count). The molecule has 0 aromatic heterocycles. The quantitative estimate of drug-likeness (QED) is 0.545. The SMILES string of the molecule is Cc1ccc(C(C)(c2ccccc2)c2ccccc2)c(C)c1. The van der Waals surface area contributed by atoms with E-state index in [-0.39, 0.29) is 5.41 Å². The van der Waals surface area contributed by atoms with Crippen LogP contribution in [0.15, 0.2) is 78.9 Å². The highest BCUT2D eigenvalue weighted by molar-refractivity contribution is 5.52. The van der Waals surface area contributed by atoms with Crippen molar-refractivity contribution >= 4 is 0 Å². The monoisotopic (exact) mass is 286 g/mol. The van der Waals surface area contributed by atoms with Crippen LogP contribution in [0.5, 0.6) is 0 Å². The second-order valence-corrected chi connectivity index (χ2v) is 6.18. The van der Waals surface area contributed by atoms with Gasteiger partial charge in [-0.15, -0.1) is 0 Å². The Labute approximate surface area is 133 Å². The van der Waals surface area contributed by atoms with E-state index in [1.807, 2.05) is 0 Å². The van der Waals surface area contributed by atoms with Crippen LogP contribution >= 0.6 is 0 Å². The summed E-state index contributed by atoms with van der Waals surface area (Å²) in [4.78, 5) is 0. The van der Waals surface area contributed by atoms with E-state index in [1.165, 1.54) is 27.8 Å². The summed E-state index contributed by atoms with van der Waals surface area (Å²) in [6, 6.07) is 28.3. The first-order chi connectivity index (χ1) is 10.6. The Hall–Kier alpha value is -2.34. The Morgan fingerprint density at radius 3 is 1.59 bits per heavy atom. The molecule has 0 heterocycles. The molecular weight excluding hydrogens is 264 g/mol. The topological polar surface area (TPSA) is 0 Å². The summed E-state index contributed by atoms with van der Waals surface area (Å²) >= 11 is 0. The minimum absolute atomic E-state index is 0.139. The maximum Gasteiger partial charge on any atom is 0.0425 e. The molecule has 0 amide bonds. The molecule has 0 N–H and O–H groups in total.